The van der Waals surface area contributed by atoms with E-state index in [4.69, 9.17) is 0 Å². The van der Waals surface area contributed by atoms with E-state index in [9.17, 15) is 4.79 Å². The van der Waals surface area contributed by atoms with Crippen LogP contribution in [0.2, 0.25) is 0 Å². The fourth-order valence-corrected chi connectivity index (χ4v) is 3.52. The Bertz CT molecular complexity index is 262. The van der Waals surface area contributed by atoms with Gasteiger partial charge in [0.2, 0.25) is 5.91 Å². The van der Waals surface area contributed by atoms with Gasteiger partial charge in [-0.3, -0.25) is 4.79 Å². The number of hydrogen-bond donors (Lipinski definition) is 1. The standard InChI is InChI=1S/C15H28N2O/c1-2-10-16-13-14(18)17-11-8-15(9-12-17)6-4-3-5-7-15/h16H,2-13H2,1H3. The number of likely N-dealkylation sites (tertiary alicyclic amines) is 1. The Morgan fingerprint density at radius 2 is 1.78 bits per heavy atom. The zero-order chi connectivity index (χ0) is 12.8. The Morgan fingerprint density at radius 1 is 1.11 bits per heavy atom. The summed E-state index contributed by atoms with van der Waals surface area (Å²) in [5, 5.41) is 3.21. The summed E-state index contributed by atoms with van der Waals surface area (Å²) in [5.74, 6) is 0.300. The number of rotatable bonds is 4. The van der Waals surface area contributed by atoms with Crippen molar-refractivity contribution in [1.82, 2.24) is 10.2 Å². The number of piperidine rings is 1. The van der Waals surface area contributed by atoms with Crippen LogP contribution in [-0.2, 0) is 4.79 Å². The maximum Gasteiger partial charge on any atom is 0.236 e. The molecule has 3 nitrogen and oxygen atoms in total. The van der Waals surface area contributed by atoms with Gasteiger partial charge in [-0.1, -0.05) is 26.2 Å². The summed E-state index contributed by atoms with van der Waals surface area (Å²) >= 11 is 0. The second kappa shape index (κ2) is 6.55. The SMILES string of the molecule is CCCNCC(=O)N1CCC2(CCCCC2)CC1. The summed E-state index contributed by atoms with van der Waals surface area (Å²) in [6.07, 6.45) is 10.6. The molecule has 3 heteroatoms. The zero-order valence-electron chi connectivity index (χ0n) is 11.8. The molecule has 1 saturated carbocycles. The molecule has 1 aliphatic heterocycles. The molecule has 2 fully saturated rings. The first kappa shape index (κ1) is 13.9. The average molecular weight is 252 g/mol. The van der Waals surface area contributed by atoms with Gasteiger partial charge in [-0.05, 0) is 44.1 Å². The van der Waals surface area contributed by atoms with Crippen LogP contribution in [-0.4, -0.2) is 37.0 Å². The van der Waals surface area contributed by atoms with E-state index in [0.717, 1.165) is 26.1 Å². The highest BCUT2D eigenvalue weighted by molar-refractivity contribution is 5.78. The Balaban J connectivity index is 1.73. The van der Waals surface area contributed by atoms with E-state index in [2.05, 4.69) is 17.1 Å². The van der Waals surface area contributed by atoms with Crippen molar-refractivity contribution in [3.05, 3.63) is 0 Å². The lowest BCUT2D eigenvalue weighted by atomic mass is 9.68. The Labute approximate surface area is 111 Å². The van der Waals surface area contributed by atoms with Crippen LogP contribution in [0.15, 0.2) is 0 Å². The van der Waals surface area contributed by atoms with E-state index in [1.165, 1.54) is 44.9 Å². The van der Waals surface area contributed by atoms with E-state index in [0.29, 0.717) is 17.9 Å². The van der Waals surface area contributed by atoms with Gasteiger partial charge in [0.05, 0.1) is 6.54 Å². The highest BCUT2D eigenvalue weighted by Crippen LogP contribution is 2.44. The van der Waals surface area contributed by atoms with Crippen molar-refractivity contribution < 1.29 is 4.79 Å². The third-order valence-electron chi connectivity index (χ3n) is 4.79. The van der Waals surface area contributed by atoms with Crippen molar-refractivity contribution in [1.29, 1.82) is 0 Å². The van der Waals surface area contributed by atoms with Crippen molar-refractivity contribution in [2.24, 2.45) is 5.41 Å². The van der Waals surface area contributed by atoms with E-state index in [-0.39, 0.29) is 0 Å². The van der Waals surface area contributed by atoms with E-state index < -0.39 is 0 Å². The van der Waals surface area contributed by atoms with Gasteiger partial charge >= 0.3 is 0 Å². The van der Waals surface area contributed by atoms with Gasteiger partial charge in [0.25, 0.3) is 0 Å². The molecule has 0 aromatic carbocycles. The quantitative estimate of drug-likeness (QED) is 0.780. The summed E-state index contributed by atoms with van der Waals surface area (Å²) in [4.78, 5) is 14.1. The van der Waals surface area contributed by atoms with Gasteiger partial charge in [-0.25, -0.2) is 0 Å². The number of carbonyl (C=O) groups excluding carboxylic acids is 1. The molecular formula is C15H28N2O. The van der Waals surface area contributed by atoms with Crippen LogP contribution in [0.5, 0.6) is 0 Å². The molecular weight excluding hydrogens is 224 g/mol. The van der Waals surface area contributed by atoms with Crippen molar-refractivity contribution in [3.8, 4) is 0 Å². The zero-order valence-corrected chi connectivity index (χ0v) is 11.8. The molecule has 0 atom stereocenters. The molecule has 2 rings (SSSR count). The van der Waals surface area contributed by atoms with Crippen LogP contribution in [0.3, 0.4) is 0 Å². The molecule has 1 N–H and O–H groups in total. The minimum Gasteiger partial charge on any atom is -0.342 e. The van der Waals surface area contributed by atoms with E-state index in [1.807, 2.05) is 0 Å². The topological polar surface area (TPSA) is 32.3 Å². The number of amides is 1. The van der Waals surface area contributed by atoms with Crippen molar-refractivity contribution in [2.75, 3.05) is 26.2 Å². The fraction of sp³-hybridized carbons (Fsp3) is 0.933. The molecule has 0 aromatic rings. The minimum absolute atomic E-state index is 0.300. The van der Waals surface area contributed by atoms with Gasteiger partial charge < -0.3 is 10.2 Å². The van der Waals surface area contributed by atoms with E-state index in [1.54, 1.807) is 0 Å². The van der Waals surface area contributed by atoms with Crippen molar-refractivity contribution >= 4 is 5.91 Å². The second-order valence-electron chi connectivity index (χ2n) is 6.12. The molecule has 0 unspecified atom stereocenters. The predicted molar refractivity (Wildman–Crippen MR) is 74.5 cm³/mol. The molecule has 1 spiro atoms. The largest absolute Gasteiger partial charge is 0.342 e. The minimum atomic E-state index is 0.300. The summed E-state index contributed by atoms with van der Waals surface area (Å²) in [5.41, 5.74) is 0.603. The lowest BCUT2D eigenvalue weighted by Gasteiger charge is -2.44. The highest BCUT2D eigenvalue weighted by Gasteiger charge is 2.36. The molecule has 1 aliphatic carbocycles. The Hall–Kier alpha value is -0.570. The summed E-state index contributed by atoms with van der Waals surface area (Å²) in [7, 11) is 0. The molecule has 1 heterocycles. The molecule has 0 bridgehead atoms. The Morgan fingerprint density at radius 3 is 2.39 bits per heavy atom. The van der Waals surface area contributed by atoms with Crippen molar-refractivity contribution in [3.63, 3.8) is 0 Å². The van der Waals surface area contributed by atoms with Crippen LogP contribution >= 0.6 is 0 Å². The third kappa shape index (κ3) is 3.47. The second-order valence-corrected chi connectivity index (χ2v) is 6.12. The molecule has 18 heavy (non-hydrogen) atoms. The first-order chi connectivity index (χ1) is 8.76. The fourth-order valence-electron chi connectivity index (χ4n) is 3.52. The molecule has 0 radical (unpaired) electrons. The smallest absolute Gasteiger partial charge is 0.236 e. The number of nitrogens with one attached hydrogen (secondary N) is 1. The van der Waals surface area contributed by atoms with E-state index >= 15 is 0 Å². The molecule has 1 amide bonds. The average Bonchev–Trinajstić information content (AvgIpc) is 2.41. The number of nitrogens with zero attached hydrogens (tertiary/aromatic N) is 1. The first-order valence-electron chi connectivity index (χ1n) is 7.74. The number of hydrogen-bond acceptors (Lipinski definition) is 2. The molecule has 104 valence electrons. The monoisotopic (exact) mass is 252 g/mol. The highest BCUT2D eigenvalue weighted by atomic mass is 16.2. The first-order valence-corrected chi connectivity index (χ1v) is 7.74. The normalized spacial score (nSPS) is 23.3. The van der Waals surface area contributed by atoms with Crippen LogP contribution in [0, 0.1) is 5.41 Å². The molecule has 2 aliphatic rings. The van der Waals surface area contributed by atoms with Crippen LogP contribution in [0.25, 0.3) is 0 Å². The van der Waals surface area contributed by atoms with Gasteiger partial charge in [0.1, 0.15) is 0 Å². The summed E-state index contributed by atoms with van der Waals surface area (Å²) in [6, 6.07) is 0. The Kier molecular flexibility index (Phi) is 5.04. The summed E-state index contributed by atoms with van der Waals surface area (Å²) in [6.45, 7) is 5.59. The molecule has 1 saturated heterocycles. The summed E-state index contributed by atoms with van der Waals surface area (Å²) < 4.78 is 0. The molecule has 0 aromatic heterocycles. The van der Waals surface area contributed by atoms with Gasteiger partial charge in [0, 0.05) is 13.1 Å². The predicted octanol–water partition coefficient (Wildman–Crippen LogP) is 2.56. The van der Waals surface area contributed by atoms with Gasteiger partial charge in [-0.15, -0.1) is 0 Å². The third-order valence-corrected chi connectivity index (χ3v) is 4.79. The lowest BCUT2D eigenvalue weighted by Crippen LogP contribution is -2.46. The van der Waals surface area contributed by atoms with Gasteiger partial charge in [0.15, 0.2) is 0 Å². The maximum absolute atomic E-state index is 12.0. The van der Waals surface area contributed by atoms with Crippen LogP contribution in [0.1, 0.15) is 58.3 Å². The number of carbonyl (C=O) groups is 1. The maximum atomic E-state index is 12.0. The lowest BCUT2D eigenvalue weighted by molar-refractivity contribution is -0.132. The van der Waals surface area contributed by atoms with Crippen LogP contribution < -0.4 is 5.32 Å². The van der Waals surface area contributed by atoms with Crippen molar-refractivity contribution in [2.45, 2.75) is 58.3 Å². The van der Waals surface area contributed by atoms with Gasteiger partial charge in [-0.2, -0.15) is 0 Å². The van der Waals surface area contributed by atoms with Crippen LogP contribution in [0.4, 0.5) is 0 Å².